The molecule has 0 atom stereocenters. The maximum Gasteiger partial charge on any atom is 0.162 e. The molecule has 5 nitrogen and oxygen atoms in total. The molecule has 2 aromatic rings. The van der Waals surface area contributed by atoms with Crippen molar-refractivity contribution in [3.63, 3.8) is 0 Å². The van der Waals surface area contributed by atoms with E-state index >= 15 is 0 Å². The lowest BCUT2D eigenvalue weighted by Gasteiger charge is -2.20. The molecule has 1 aromatic carbocycles. The molecule has 0 spiro atoms. The fraction of sp³-hybridized carbons (Fsp3) is 0.375. The van der Waals surface area contributed by atoms with Crippen molar-refractivity contribution < 1.29 is 4.74 Å². The third-order valence-corrected chi connectivity index (χ3v) is 3.86. The number of ether oxygens (including phenoxy) is 1. The number of nitrogens with one attached hydrogen (secondary N) is 1. The van der Waals surface area contributed by atoms with Crippen LogP contribution in [-0.4, -0.2) is 16.6 Å². The van der Waals surface area contributed by atoms with E-state index in [2.05, 4.69) is 43.3 Å². The summed E-state index contributed by atoms with van der Waals surface area (Å²) >= 11 is 0. The van der Waals surface area contributed by atoms with E-state index in [0.717, 1.165) is 29.1 Å². The summed E-state index contributed by atoms with van der Waals surface area (Å²) in [5.41, 5.74) is 9.38. The molecule has 21 heavy (non-hydrogen) atoms. The highest BCUT2D eigenvalue weighted by molar-refractivity contribution is 5.67. The summed E-state index contributed by atoms with van der Waals surface area (Å²) in [5, 5.41) is 0. The molecule has 110 valence electrons. The molecular formula is C16H20N4O. The van der Waals surface area contributed by atoms with Crippen molar-refractivity contribution in [2.45, 2.75) is 33.8 Å². The molecule has 3 N–H and O–H groups in total. The molecule has 0 bridgehead atoms. The standard InChI is InChI=1S/C16H20N4O/c1-9-6-10(2)14(11(3)7-9)16-18-13-4-5-21-8-12(13)15(19-16)20-17/h6-7H,4-5,8,17H2,1-3H3,(H,18,19,20). The number of hydrogen-bond acceptors (Lipinski definition) is 5. The first kappa shape index (κ1) is 14.0. The summed E-state index contributed by atoms with van der Waals surface area (Å²) in [7, 11) is 0. The second-order valence-electron chi connectivity index (χ2n) is 5.54. The van der Waals surface area contributed by atoms with E-state index in [9.17, 15) is 0 Å². The fourth-order valence-electron chi connectivity index (χ4n) is 3.00. The maximum atomic E-state index is 5.63. The van der Waals surface area contributed by atoms with Crippen LogP contribution in [0.15, 0.2) is 12.1 Å². The van der Waals surface area contributed by atoms with Gasteiger partial charge in [0.05, 0.1) is 18.9 Å². The largest absolute Gasteiger partial charge is 0.376 e. The van der Waals surface area contributed by atoms with Gasteiger partial charge in [0.15, 0.2) is 5.82 Å². The Kier molecular flexibility index (Phi) is 3.61. The van der Waals surface area contributed by atoms with Crippen LogP contribution in [0, 0.1) is 20.8 Å². The zero-order valence-corrected chi connectivity index (χ0v) is 12.7. The Morgan fingerprint density at radius 1 is 1.14 bits per heavy atom. The topological polar surface area (TPSA) is 73.1 Å². The Morgan fingerprint density at radius 2 is 1.86 bits per heavy atom. The van der Waals surface area contributed by atoms with Gasteiger partial charge < -0.3 is 10.2 Å². The number of rotatable bonds is 2. The molecule has 0 aliphatic carbocycles. The number of hydrogen-bond donors (Lipinski definition) is 2. The number of benzene rings is 1. The average Bonchev–Trinajstić information content (AvgIpc) is 2.45. The zero-order valence-electron chi connectivity index (χ0n) is 12.7. The molecule has 0 saturated heterocycles. The van der Waals surface area contributed by atoms with Crippen molar-refractivity contribution in [2.75, 3.05) is 12.0 Å². The van der Waals surface area contributed by atoms with Gasteiger partial charge in [-0.2, -0.15) is 0 Å². The van der Waals surface area contributed by atoms with Gasteiger partial charge in [0, 0.05) is 17.5 Å². The van der Waals surface area contributed by atoms with Gasteiger partial charge in [-0.3, -0.25) is 0 Å². The zero-order chi connectivity index (χ0) is 15.0. The normalized spacial score (nSPS) is 13.9. The second-order valence-corrected chi connectivity index (χ2v) is 5.54. The smallest absolute Gasteiger partial charge is 0.162 e. The van der Waals surface area contributed by atoms with Crippen molar-refractivity contribution in [1.82, 2.24) is 9.97 Å². The minimum absolute atomic E-state index is 0.515. The maximum absolute atomic E-state index is 5.63. The van der Waals surface area contributed by atoms with Crippen molar-refractivity contribution >= 4 is 5.82 Å². The van der Waals surface area contributed by atoms with Crippen molar-refractivity contribution in [3.8, 4) is 11.4 Å². The van der Waals surface area contributed by atoms with E-state index in [1.807, 2.05) is 0 Å². The van der Waals surface area contributed by atoms with Gasteiger partial charge in [-0.1, -0.05) is 17.7 Å². The van der Waals surface area contributed by atoms with Crippen LogP contribution in [-0.2, 0) is 17.8 Å². The predicted octanol–water partition coefficient (Wildman–Crippen LogP) is 2.43. The van der Waals surface area contributed by atoms with E-state index < -0.39 is 0 Å². The molecule has 0 radical (unpaired) electrons. The number of nitrogens with two attached hydrogens (primary N) is 1. The van der Waals surface area contributed by atoms with Crippen LogP contribution in [0.4, 0.5) is 5.82 Å². The second kappa shape index (κ2) is 5.42. The highest BCUT2D eigenvalue weighted by atomic mass is 16.5. The number of anilines is 1. The van der Waals surface area contributed by atoms with Gasteiger partial charge in [-0.05, 0) is 31.9 Å². The van der Waals surface area contributed by atoms with Crippen LogP contribution >= 0.6 is 0 Å². The summed E-state index contributed by atoms with van der Waals surface area (Å²) in [6.07, 6.45) is 0.795. The minimum atomic E-state index is 0.515. The number of fused-ring (bicyclic) bond motifs is 1. The molecule has 5 heteroatoms. The highest BCUT2D eigenvalue weighted by Gasteiger charge is 2.20. The van der Waals surface area contributed by atoms with Gasteiger partial charge >= 0.3 is 0 Å². The lowest BCUT2D eigenvalue weighted by atomic mass is 9.98. The number of hydrazine groups is 1. The molecule has 1 aliphatic heterocycles. The number of aromatic nitrogens is 2. The van der Waals surface area contributed by atoms with Crippen LogP contribution in [0.2, 0.25) is 0 Å². The summed E-state index contributed by atoms with van der Waals surface area (Å²) < 4.78 is 5.47. The monoisotopic (exact) mass is 284 g/mol. The number of aryl methyl sites for hydroxylation is 3. The molecular weight excluding hydrogens is 264 g/mol. The van der Waals surface area contributed by atoms with E-state index in [1.54, 1.807) is 0 Å². The third-order valence-electron chi connectivity index (χ3n) is 3.86. The number of nitrogen functional groups attached to an aromatic ring is 1. The van der Waals surface area contributed by atoms with E-state index in [-0.39, 0.29) is 0 Å². The summed E-state index contributed by atoms with van der Waals surface area (Å²) in [4.78, 5) is 9.36. The first-order chi connectivity index (χ1) is 10.1. The van der Waals surface area contributed by atoms with E-state index in [0.29, 0.717) is 19.0 Å². The van der Waals surface area contributed by atoms with Crippen LogP contribution in [0.5, 0.6) is 0 Å². The van der Waals surface area contributed by atoms with E-state index in [4.69, 9.17) is 15.6 Å². The molecule has 1 aliphatic rings. The van der Waals surface area contributed by atoms with E-state index in [1.165, 1.54) is 16.7 Å². The van der Waals surface area contributed by atoms with Crippen LogP contribution in [0.1, 0.15) is 27.9 Å². The Hall–Kier alpha value is -1.98. The Labute approximate surface area is 124 Å². The van der Waals surface area contributed by atoms with Gasteiger partial charge in [0.25, 0.3) is 0 Å². The average molecular weight is 284 g/mol. The van der Waals surface area contributed by atoms with Crippen molar-refractivity contribution in [1.29, 1.82) is 0 Å². The third kappa shape index (κ3) is 2.50. The quantitative estimate of drug-likeness (QED) is 0.654. The molecule has 2 heterocycles. The van der Waals surface area contributed by atoms with Gasteiger partial charge in [-0.25, -0.2) is 15.8 Å². The lowest BCUT2D eigenvalue weighted by Crippen LogP contribution is -2.19. The summed E-state index contributed by atoms with van der Waals surface area (Å²) in [6, 6.07) is 4.31. The van der Waals surface area contributed by atoms with Gasteiger partial charge in [0.2, 0.25) is 0 Å². The SMILES string of the molecule is Cc1cc(C)c(-c2nc3c(c(NN)n2)COCC3)c(C)c1. The van der Waals surface area contributed by atoms with Crippen LogP contribution in [0.25, 0.3) is 11.4 Å². The van der Waals surface area contributed by atoms with Gasteiger partial charge in [-0.15, -0.1) is 0 Å². The van der Waals surface area contributed by atoms with Crippen LogP contribution < -0.4 is 11.3 Å². The van der Waals surface area contributed by atoms with Crippen molar-refractivity contribution in [3.05, 3.63) is 40.1 Å². The fourth-order valence-corrected chi connectivity index (χ4v) is 3.00. The molecule has 0 fully saturated rings. The number of nitrogens with zero attached hydrogens (tertiary/aromatic N) is 2. The molecule has 3 rings (SSSR count). The first-order valence-electron chi connectivity index (χ1n) is 7.12. The molecule has 1 aromatic heterocycles. The predicted molar refractivity (Wildman–Crippen MR) is 82.8 cm³/mol. The van der Waals surface area contributed by atoms with Crippen LogP contribution in [0.3, 0.4) is 0 Å². The first-order valence-corrected chi connectivity index (χ1v) is 7.12. The summed E-state index contributed by atoms with van der Waals surface area (Å²) in [6.45, 7) is 7.50. The molecule has 0 unspecified atom stereocenters. The van der Waals surface area contributed by atoms with Crippen molar-refractivity contribution in [2.24, 2.45) is 5.84 Å². The van der Waals surface area contributed by atoms with Gasteiger partial charge in [0.1, 0.15) is 5.82 Å². The molecule has 0 amide bonds. The summed E-state index contributed by atoms with van der Waals surface area (Å²) in [5.74, 6) is 7.02. The minimum Gasteiger partial charge on any atom is -0.376 e. The Balaban J connectivity index is 2.20. The lowest BCUT2D eigenvalue weighted by molar-refractivity contribution is 0.109. The Bertz CT molecular complexity index is 657. The highest BCUT2D eigenvalue weighted by Crippen LogP contribution is 2.30. The Morgan fingerprint density at radius 3 is 2.52 bits per heavy atom. The molecule has 0 saturated carbocycles.